The number of amides is 1. The molecule has 0 radical (unpaired) electrons. The zero-order valence-corrected chi connectivity index (χ0v) is 16.9. The van der Waals surface area contributed by atoms with Crippen LogP contribution in [0, 0.1) is 13.8 Å². The van der Waals surface area contributed by atoms with Crippen molar-refractivity contribution in [2.45, 2.75) is 40.0 Å². The summed E-state index contributed by atoms with van der Waals surface area (Å²) in [6, 6.07) is 20.4. The normalized spacial score (nSPS) is 11.3. The Morgan fingerprint density at radius 1 is 1.07 bits per heavy atom. The van der Waals surface area contributed by atoms with Crippen molar-refractivity contribution in [3.63, 3.8) is 0 Å². The average Bonchev–Trinajstić information content (AvgIpc) is 2.96. The lowest BCUT2D eigenvalue weighted by molar-refractivity contribution is -0.120. The Labute approximate surface area is 166 Å². The van der Waals surface area contributed by atoms with Crippen LogP contribution in [0.25, 0.3) is 5.69 Å². The molecule has 0 aliphatic carbocycles. The van der Waals surface area contributed by atoms with Crippen molar-refractivity contribution in [3.8, 4) is 5.69 Å². The van der Waals surface area contributed by atoms with Crippen molar-refractivity contribution >= 4 is 12.1 Å². The molecule has 4 nitrogen and oxygen atoms in total. The van der Waals surface area contributed by atoms with Crippen LogP contribution in [0.2, 0.25) is 0 Å². The predicted octanol–water partition coefficient (Wildman–Crippen LogP) is 4.91. The second kappa shape index (κ2) is 8.70. The molecule has 1 heterocycles. The minimum atomic E-state index is -0.125. The van der Waals surface area contributed by atoms with Gasteiger partial charge in [0.1, 0.15) is 0 Å². The number of hydrogen-bond acceptors (Lipinski definition) is 2. The minimum Gasteiger partial charge on any atom is -0.318 e. The van der Waals surface area contributed by atoms with E-state index in [1.807, 2.05) is 30.3 Å². The number of hydrazone groups is 1. The van der Waals surface area contributed by atoms with Gasteiger partial charge < -0.3 is 4.57 Å². The maximum atomic E-state index is 12.0. The first-order valence-electron chi connectivity index (χ1n) is 9.61. The lowest BCUT2D eigenvalue weighted by Crippen LogP contribution is -2.19. The highest BCUT2D eigenvalue weighted by atomic mass is 16.2. The van der Waals surface area contributed by atoms with E-state index in [9.17, 15) is 4.79 Å². The first-order chi connectivity index (χ1) is 13.5. The van der Waals surface area contributed by atoms with Crippen LogP contribution in [0.1, 0.15) is 47.8 Å². The lowest BCUT2D eigenvalue weighted by atomic mass is 10.0. The summed E-state index contributed by atoms with van der Waals surface area (Å²) in [4.78, 5) is 12.0. The van der Waals surface area contributed by atoms with Gasteiger partial charge in [-0.05, 0) is 49.1 Å². The third kappa shape index (κ3) is 4.58. The van der Waals surface area contributed by atoms with E-state index in [-0.39, 0.29) is 5.91 Å². The van der Waals surface area contributed by atoms with Gasteiger partial charge in [0, 0.05) is 22.6 Å². The fourth-order valence-corrected chi connectivity index (χ4v) is 3.32. The molecule has 144 valence electrons. The van der Waals surface area contributed by atoms with Gasteiger partial charge in [-0.3, -0.25) is 4.79 Å². The number of nitrogens with one attached hydrogen (secondary N) is 1. The smallest absolute Gasteiger partial charge is 0.244 e. The van der Waals surface area contributed by atoms with Gasteiger partial charge in [-0.25, -0.2) is 5.43 Å². The number of rotatable bonds is 6. The minimum absolute atomic E-state index is 0.125. The van der Waals surface area contributed by atoms with E-state index in [2.05, 4.69) is 73.1 Å². The monoisotopic (exact) mass is 373 g/mol. The number of aryl methyl sites for hydroxylation is 1. The standard InChI is InChI=1S/C24H27N3O/c1-17(2)21-10-12-23(13-11-21)27-18(3)14-22(19(27)4)16-25-26-24(28)15-20-8-6-5-7-9-20/h5-14,16-17H,15H2,1-4H3,(H,26,28)/b25-16+. The number of aromatic nitrogens is 1. The van der Waals surface area contributed by atoms with Gasteiger partial charge >= 0.3 is 0 Å². The van der Waals surface area contributed by atoms with Gasteiger partial charge in [0.25, 0.3) is 0 Å². The molecule has 0 saturated heterocycles. The Kier molecular flexibility index (Phi) is 6.09. The molecule has 2 aromatic carbocycles. The molecule has 1 amide bonds. The van der Waals surface area contributed by atoms with Crippen molar-refractivity contribution in [1.29, 1.82) is 0 Å². The Hall–Kier alpha value is -3.14. The second-order valence-corrected chi connectivity index (χ2v) is 7.36. The fraction of sp³-hybridized carbons (Fsp3) is 0.250. The number of carbonyl (C=O) groups is 1. The van der Waals surface area contributed by atoms with Crippen LogP contribution in [0.15, 0.2) is 65.8 Å². The van der Waals surface area contributed by atoms with E-state index in [0.29, 0.717) is 12.3 Å². The summed E-state index contributed by atoms with van der Waals surface area (Å²) < 4.78 is 2.21. The maximum Gasteiger partial charge on any atom is 0.244 e. The number of carbonyl (C=O) groups excluding carboxylic acids is 1. The Morgan fingerprint density at radius 2 is 1.75 bits per heavy atom. The summed E-state index contributed by atoms with van der Waals surface area (Å²) in [5, 5.41) is 4.15. The van der Waals surface area contributed by atoms with Crippen LogP contribution >= 0.6 is 0 Å². The first-order valence-corrected chi connectivity index (χ1v) is 9.61. The highest BCUT2D eigenvalue weighted by molar-refractivity contribution is 5.84. The predicted molar refractivity (Wildman–Crippen MR) is 115 cm³/mol. The number of hydrogen-bond donors (Lipinski definition) is 1. The topological polar surface area (TPSA) is 46.4 Å². The third-order valence-electron chi connectivity index (χ3n) is 4.89. The summed E-state index contributed by atoms with van der Waals surface area (Å²) in [6.07, 6.45) is 2.03. The highest BCUT2D eigenvalue weighted by Gasteiger charge is 2.10. The third-order valence-corrected chi connectivity index (χ3v) is 4.89. The van der Waals surface area contributed by atoms with E-state index in [0.717, 1.165) is 28.2 Å². The second-order valence-electron chi connectivity index (χ2n) is 7.36. The van der Waals surface area contributed by atoms with Crippen LogP contribution in [-0.2, 0) is 11.2 Å². The van der Waals surface area contributed by atoms with E-state index < -0.39 is 0 Å². The van der Waals surface area contributed by atoms with Gasteiger partial charge in [-0.1, -0.05) is 56.3 Å². The highest BCUT2D eigenvalue weighted by Crippen LogP contribution is 2.22. The summed E-state index contributed by atoms with van der Waals surface area (Å²) in [6.45, 7) is 8.54. The lowest BCUT2D eigenvalue weighted by Gasteiger charge is -2.12. The molecule has 0 spiro atoms. The van der Waals surface area contributed by atoms with Gasteiger partial charge in [0.2, 0.25) is 5.91 Å². The van der Waals surface area contributed by atoms with Gasteiger partial charge in [-0.2, -0.15) is 5.10 Å². The summed E-state index contributed by atoms with van der Waals surface area (Å²) in [5.74, 6) is 0.392. The summed E-state index contributed by atoms with van der Waals surface area (Å²) >= 11 is 0. The zero-order chi connectivity index (χ0) is 20.1. The van der Waals surface area contributed by atoms with E-state index in [4.69, 9.17) is 0 Å². The molecule has 0 aliphatic rings. The Bertz CT molecular complexity index is 967. The Balaban J connectivity index is 1.71. The van der Waals surface area contributed by atoms with Crippen molar-refractivity contribution in [1.82, 2.24) is 9.99 Å². The van der Waals surface area contributed by atoms with Crippen LogP contribution in [0.3, 0.4) is 0 Å². The molecule has 0 atom stereocenters. The van der Waals surface area contributed by atoms with Crippen molar-refractivity contribution in [2.75, 3.05) is 0 Å². The molecule has 3 rings (SSSR count). The van der Waals surface area contributed by atoms with E-state index in [1.54, 1.807) is 6.21 Å². The molecule has 0 saturated carbocycles. The summed E-state index contributed by atoms with van der Waals surface area (Å²) in [5.41, 5.74) is 9.26. The molecule has 0 fully saturated rings. The average molecular weight is 374 g/mol. The van der Waals surface area contributed by atoms with Crippen LogP contribution < -0.4 is 5.43 Å². The molecular weight excluding hydrogens is 346 g/mol. The molecule has 0 aliphatic heterocycles. The molecule has 4 heteroatoms. The zero-order valence-electron chi connectivity index (χ0n) is 16.9. The van der Waals surface area contributed by atoms with Crippen LogP contribution in [-0.4, -0.2) is 16.7 Å². The maximum absolute atomic E-state index is 12.0. The number of nitrogens with zero attached hydrogens (tertiary/aromatic N) is 2. The van der Waals surface area contributed by atoms with E-state index in [1.165, 1.54) is 5.56 Å². The molecule has 28 heavy (non-hydrogen) atoms. The molecule has 1 N–H and O–H groups in total. The SMILES string of the molecule is Cc1cc(/C=N/NC(=O)Cc2ccccc2)c(C)n1-c1ccc(C(C)C)cc1. The van der Waals surface area contributed by atoms with E-state index >= 15 is 0 Å². The first kappa shape index (κ1) is 19.6. The summed E-state index contributed by atoms with van der Waals surface area (Å²) in [7, 11) is 0. The molecule has 1 aromatic heterocycles. The number of benzene rings is 2. The molecule has 0 unspecified atom stereocenters. The molecular formula is C24H27N3O. The molecule has 3 aromatic rings. The van der Waals surface area contributed by atoms with Crippen molar-refractivity contribution < 1.29 is 4.79 Å². The van der Waals surface area contributed by atoms with Gasteiger partial charge in [-0.15, -0.1) is 0 Å². The van der Waals surface area contributed by atoms with Gasteiger partial charge in [0.05, 0.1) is 12.6 Å². The molecule has 0 bridgehead atoms. The van der Waals surface area contributed by atoms with Crippen molar-refractivity contribution in [3.05, 3.63) is 88.7 Å². The van der Waals surface area contributed by atoms with Crippen LogP contribution in [0.4, 0.5) is 0 Å². The fourth-order valence-electron chi connectivity index (χ4n) is 3.32. The van der Waals surface area contributed by atoms with Gasteiger partial charge in [0.15, 0.2) is 0 Å². The van der Waals surface area contributed by atoms with Crippen molar-refractivity contribution in [2.24, 2.45) is 5.10 Å². The quantitative estimate of drug-likeness (QED) is 0.484. The van der Waals surface area contributed by atoms with Crippen LogP contribution in [0.5, 0.6) is 0 Å². The largest absolute Gasteiger partial charge is 0.318 e. The Morgan fingerprint density at radius 3 is 2.39 bits per heavy atom.